The lowest BCUT2D eigenvalue weighted by molar-refractivity contribution is -0.204. The highest BCUT2D eigenvalue weighted by Crippen LogP contribution is 2.79. The molecule has 0 N–H and O–H groups in total. The summed E-state index contributed by atoms with van der Waals surface area (Å²) in [6.45, 7) is 17.7. The molecule has 164 valence electrons. The Morgan fingerprint density at radius 3 is 2.17 bits per heavy atom. The molecule has 29 heavy (non-hydrogen) atoms. The van der Waals surface area contributed by atoms with Gasteiger partial charge in [-0.15, -0.1) is 0 Å². The van der Waals surface area contributed by atoms with Gasteiger partial charge in [-0.1, -0.05) is 48.0 Å². The highest BCUT2D eigenvalue weighted by molar-refractivity contribution is 5.79. The molecule has 1 heteroatoms. The Labute approximate surface area is 180 Å². The number of carbonyl (C=O) groups is 1. The van der Waals surface area contributed by atoms with Crippen LogP contribution in [0.1, 0.15) is 113 Å². The van der Waals surface area contributed by atoms with Crippen molar-refractivity contribution >= 4 is 5.78 Å². The number of fused-ring (bicyclic) bond motifs is 7. The lowest BCUT2D eigenvalue weighted by Crippen LogP contribution is -2.62. The van der Waals surface area contributed by atoms with Crippen molar-refractivity contribution in [2.45, 2.75) is 113 Å². The normalized spacial score (nSPS) is 58.1. The number of hydrogen-bond acceptors (Lipinski definition) is 1. The van der Waals surface area contributed by atoms with Crippen LogP contribution in [0.2, 0.25) is 0 Å². The fourth-order valence-electron chi connectivity index (χ4n) is 11.6. The molecule has 5 saturated carbocycles. The second-order valence-electron chi connectivity index (χ2n) is 14.1. The molecule has 0 spiro atoms. The van der Waals surface area contributed by atoms with Crippen LogP contribution in [-0.2, 0) is 4.79 Å². The minimum Gasteiger partial charge on any atom is -0.300 e. The highest BCUT2D eigenvalue weighted by atomic mass is 16.1. The van der Waals surface area contributed by atoms with Crippen molar-refractivity contribution in [1.29, 1.82) is 0 Å². The number of Topliss-reactive ketones (excluding diaryl/α,β-unsaturated/α-hetero) is 1. The van der Waals surface area contributed by atoms with E-state index in [-0.39, 0.29) is 0 Å². The fourth-order valence-corrected chi connectivity index (χ4v) is 11.6. The van der Waals surface area contributed by atoms with Gasteiger partial charge < -0.3 is 0 Å². The van der Waals surface area contributed by atoms with Crippen molar-refractivity contribution in [3.05, 3.63) is 0 Å². The summed E-state index contributed by atoms with van der Waals surface area (Å²) in [5, 5.41) is 0. The lowest BCUT2D eigenvalue weighted by Gasteiger charge is -2.69. The highest BCUT2D eigenvalue weighted by Gasteiger charge is 2.72. The summed E-state index contributed by atoms with van der Waals surface area (Å²) in [5.74, 6) is 4.07. The zero-order valence-corrected chi connectivity index (χ0v) is 20.4. The smallest absolute Gasteiger partial charge is 0.133 e. The Balaban J connectivity index is 1.56. The third kappa shape index (κ3) is 2.37. The molecule has 1 nitrogen and oxygen atoms in total. The van der Waals surface area contributed by atoms with E-state index in [4.69, 9.17) is 0 Å². The Kier molecular flexibility index (Phi) is 4.20. The van der Waals surface area contributed by atoms with E-state index < -0.39 is 0 Å². The first kappa shape index (κ1) is 20.6. The van der Waals surface area contributed by atoms with Gasteiger partial charge >= 0.3 is 0 Å². The van der Waals surface area contributed by atoms with Crippen molar-refractivity contribution in [3.8, 4) is 0 Å². The van der Waals surface area contributed by atoms with Crippen molar-refractivity contribution in [2.24, 2.45) is 56.7 Å². The molecule has 0 aromatic rings. The molecular formula is C28H46O. The summed E-state index contributed by atoms with van der Waals surface area (Å²) < 4.78 is 0. The molecule has 5 aliphatic carbocycles. The molecule has 5 aliphatic rings. The van der Waals surface area contributed by atoms with Crippen molar-refractivity contribution in [2.75, 3.05) is 0 Å². The standard InChI is InChI=1S/C28H46O/c1-18(29)19-11-15-25(4)17-28(7)20(23(19)25)9-10-22-26(5)14-8-13-24(2,3)21(26)12-16-27(22,28)6/h19-23H,8-17H2,1-7H3. The minimum atomic E-state index is 0.354. The maximum atomic E-state index is 12.6. The summed E-state index contributed by atoms with van der Waals surface area (Å²) in [7, 11) is 0. The van der Waals surface area contributed by atoms with Gasteiger partial charge in [0, 0.05) is 5.92 Å². The van der Waals surface area contributed by atoms with Gasteiger partial charge in [0.05, 0.1) is 0 Å². The van der Waals surface area contributed by atoms with E-state index in [2.05, 4.69) is 41.5 Å². The van der Waals surface area contributed by atoms with Crippen LogP contribution in [-0.4, -0.2) is 5.78 Å². The van der Waals surface area contributed by atoms with Crippen LogP contribution in [0.15, 0.2) is 0 Å². The maximum absolute atomic E-state index is 12.6. The van der Waals surface area contributed by atoms with Gasteiger partial charge in [0.1, 0.15) is 5.78 Å². The third-order valence-corrected chi connectivity index (χ3v) is 12.7. The topological polar surface area (TPSA) is 17.1 Å². The Morgan fingerprint density at radius 2 is 1.48 bits per heavy atom. The van der Waals surface area contributed by atoms with Gasteiger partial charge in [-0.3, -0.25) is 4.79 Å². The van der Waals surface area contributed by atoms with Gasteiger partial charge in [-0.2, -0.15) is 0 Å². The van der Waals surface area contributed by atoms with Gasteiger partial charge in [-0.25, -0.2) is 0 Å². The second kappa shape index (κ2) is 5.92. The molecule has 0 bridgehead atoms. The van der Waals surface area contributed by atoms with Gasteiger partial charge in [0.2, 0.25) is 0 Å². The average Bonchev–Trinajstić information content (AvgIpc) is 3.03. The molecular weight excluding hydrogens is 352 g/mol. The SMILES string of the molecule is CC(=O)C1CCC2(C)CC3(C)C(CCC4C5(C)CCCC(C)(C)C5CCC43C)C12. The molecule has 5 rings (SSSR count). The van der Waals surface area contributed by atoms with E-state index in [1.54, 1.807) is 0 Å². The number of hydrogen-bond donors (Lipinski definition) is 0. The predicted octanol–water partition coefficient (Wildman–Crippen LogP) is 7.68. The Bertz CT molecular complexity index is 722. The first-order chi connectivity index (χ1) is 13.4. The molecule has 9 unspecified atom stereocenters. The molecule has 0 amide bonds. The van der Waals surface area contributed by atoms with Crippen molar-refractivity contribution in [3.63, 3.8) is 0 Å². The number of ketones is 1. The van der Waals surface area contributed by atoms with Crippen LogP contribution in [0.4, 0.5) is 0 Å². The van der Waals surface area contributed by atoms with E-state index in [1.165, 1.54) is 57.8 Å². The fraction of sp³-hybridized carbons (Fsp3) is 0.964. The quantitative estimate of drug-likeness (QED) is 0.442. The first-order valence-electron chi connectivity index (χ1n) is 12.9. The van der Waals surface area contributed by atoms with Crippen LogP contribution < -0.4 is 0 Å². The molecule has 0 aromatic carbocycles. The molecule has 0 saturated heterocycles. The van der Waals surface area contributed by atoms with Crippen LogP contribution in [0.5, 0.6) is 0 Å². The van der Waals surface area contributed by atoms with E-state index in [9.17, 15) is 4.79 Å². The van der Waals surface area contributed by atoms with Crippen LogP contribution in [0, 0.1) is 56.7 Å². The molecule has 0 aromatic heterocycles. The largest absolute Gasteiger partial charge is 0.300 e. The summed E-state index contributed by atoms with van der Waals surface area (Å²) >= 11 is 0. The summed E-state index contributed by atoms with van der Waals surface area (Å²) in [4.78, 5) is 12.6. The first-order valence-corrected chi connectivity index (χ1v) is 12.9. The van der Waals surface area contributed by atoms with Crippen LogP contribution in [0.3, 0.4) is 0 Å². The van der Waals surface area contributed by atoms with Gasteiger partial charge in [0.15, 0.2) is 0 Å². The monoisotopic (exact) mass is 398 g/mol. The lowest BCUT2D eigenvalue weighted by atomic mass is 9.35. The molecule has 9 atom stereocenters. The van der Waals surface area contributed by atoms with Crippen molar-refractivity contribution in [1.82, 2.24) is 0 Å². The molecule has 0 heterocycles. The third-order valence-electron chi connectivity index (χ3n) is 12.7. The summed E-state index contributed by atoms with van der Waals surface area (Å²) in [6, 6.07) is 0. The van der Waals surface area contributed by atoms with E-state index in [0.29, 0.717) is 44.7 Å². The number of rotatable bonds is 1. The van der Waals surface area contributed by atoms with Crippen molar-refractivity contribution < 1.29 is 4.79 Å². The average molecular weight is 399 g/mol. The minimum absolute atomic E-state index is 0.354. The molecule has 0 radical (unpaired) electrons. The van der Waals surface area contributed by atoms with Crippen LogP contribution in [0.25, 0.3) is 0 Å². The van der Waals surface area contributed by atoms with E-state index in [0.717, 1.165) is 24.2 Å². The molecule has 5 fully saturated rings. The van der Waals surface area contributed by atoms with E-state index >= 15 is 0 Å². The Morgan fingerprint density at radius 1 is 0.759 bits per heavy atom. The summed E-state index contributed by atoms with van der Waals surface area (Å²) in [6.07, 6.45) is 13.9. The van der Waals surface area contributed by atoms with Gasteiger partial charge in [0.25, 0.3) is 0 Å². The predicted molar refractivity (Wildman–Crippen MR) is 121 cm³/mol. The maximum Gasteiger partial charge on any atom is 0.133 e. The zero-order chi connectivity index (χ0) is 21.0. The number of carbonyl (C=O) groups excluding carboxylic acids is 1. The Hall–Kier alpha value is -0.330. The van der Waals surface area contributed by atoms with Gasteiger partial charge in [-0.05, 0) is 115 Å². The zero-order valence-electron chi connectivity index (χ0n) is 20.4. The van der Waals surface area contributed by atoms with Crippen LogP contribution >= 0.6 is 0 Å². The molecule has 0 aliphatic heterocycles. The summed E-state index contributed by atoms with van der Waals surface area (Å²) in [5.41, 5.74) is 2.35. The second-order valence-corrected chi connectivity index (χ2v) is 14.1. The van der Waals surface area contributed by atoms with E-state index in [1.807, 2.05) is 6.92 Å².